The maximum Gasteiger partial charge on any atom is 0.317 e. The van der Waals surface area contributed by atoms with E-state index < -0.39 is 0 Å². The average molecular weight is 461 g/mol. The van der Waals surface area contributed by atoms with E-state index >= 15 is 0 Å². The second kappa shape index (κ2) is 8.92. The highest BCUT2D eigenvalue weighted by Crippen LogP contribution is 2.45. The maximum atomic E-state index is 12.7. The summed E-state index contributed by atoms with van der Waals surface area (Å²) in [7, 11) is 2.18. The van der Waals surface area contributed by atoms with Crippen LogP contribution in [0.2, 0.25) is 0 Å². The van der Waals surface area contributed by atoms with Crippen LogP contribution < -0.4 is 5.32 Å². The van der Waals surface area contributed by atoms with Crippen LogP contribution in [-0.4, -0.2) is 59.6 Å². The summed E-state index contributed by atoms with van der Waals surface area (Å²) in [6, 6.07) is 15.5. The van der Waals surface area contributed by atoms with Crippen molar-refractivity contribution in [1.82, 2.24) is 20.1 Å². The molecule has 0 radical (unpaired) electrons. The molecule has 172 valence electrons. The van der Waals surface area contributed by atoms with Crippen LogP contribution in [0.4, 0.5) is 4.79 Å². The predicted molar refractivity (Wildman–Crippen MR) is 137 cm³/mol. The summed E-state index contributed by atoms with van der Waals surface area (Å²) in [6.45, 7) is 8.47. The van der Waals surface area contributed by atoms with Crippen LogP contribution in [0.15, 0.2) is 58.5 Å². The van der Waals surface area contributed by atoms with E-state index in [4.69, 9.17) is 0 Å². The number of nitrogens with one attached hydrogen (secondary N) is 2. The Hall–Kier alpha value is -2.70. The monoisotopic (exact) mass is 460 g/mol. The third-order valence-corrected chi connectivity index (χ3v) is 8.25. The molecule has 1 aliphatic heterocycles. The van der Waals surface area contributed by atoms with Crippen molar-refractivity contribution in [2.24, 2.45) is 0 Å². The normalized spacial score (nSPS) is 19.8. The first kappa shape index (κ1) is 22.1. The Morgan fingerprint density at radius 1 is 1.18 bits per heavy atom. The van der Waals surface area contributed by atoms with Gasteiger partial charge in [0.1, 0.15) is 0 Å². The van der Waals surface area contributed by atoms with Crippen LogP contribution >= 0.6 is 11.8 Å². The van der Waals surface area contributed by atoms with Crippen molar-refractivity contribution in [3.63, 3.8) is 0 Å². The molecular formula is C27H32N4OS. The van der Waals surface area contributed by atoms with Crippen molar-refractivity contribution in [3.8, 4) is 0 Å². The number of nitrogens with zero attached hydrogens (tertiary/aromatic N) is 2. The lowest BCUT2D eigenvalue weighted by molar-refractivity contribution is 0.193. The number of fused-ring (bicyclic) bond motifs is 2. The molecule has 0 bridgehead atoms. The number of urea groups is 1. The third-order valence-electron chi connectivity index (χ3n) is 7.02. The van der Waals surface area contributed by atoms with Crippen molar-refractivity contribution in [1.29, 1.82) is 0 Å². The number of rotatable bonds is 5. The number of amides is 2. The molecule has 1 aliphatic carbocycles. The number of aromatic nitrogens is 1. The molecule has 0 unspecified atom stereocenters. The highest BCUT2D eigenvalue weighted by Gasteiger charge is 2.35. The van der Waals surface area contributed by atoms with E-state index in [0.29, 0.717) is 6.04 Å². The van der Waals surface area contributed by atoms with Gasteiger partial charge in [-0.05, 0) is 68.6 Å². The number of hydrogen-bond acceptors (Lipinski definition) is 3. The molecule has 6 heteroatoms. The summed E-state index contributed by atoms with van der Waals surface area (Å²) >= 11 is 1.84. The summed E-state index contributed by atoms with van der Waals surface area (Å²) in [5.41, 5.74) is 6.52. The quantitative estimate of drug-likeness (QED) is 0.543. The standard InChI is InChI=1S/C27H32N4OS/c1-5-31(6-2)27(32)28-18-14-20-19-11-9-12-22-25(19)21(15-23(20)30(4)16-18)26(29-22)33-24-13-8-7-10-17(24)3/h7-14,18,23,29H,5-6,15-16H2,1-4H3,(H,28,32)/t18-,23+/m0/s1. The largest absolute Gasteiger partial charge is 0.349 e. The first-order valence-corrected chi connectivity index (χ1v) is 12.7. The number of likely N-dealkylation sites (N-methyl/N-ethyl adjacent to an activating group) is 1. The van der Waals surface area contributed by atoms with E-state index in [1.54, 1.807) is 0 Å². The van der Waals surface area contributed by atoms with Gasteiger partial charge in [-0.2, -0.15) is 0 Å². The molecule has 5 rings (SSSR count). The molecule has 2 amide bonds. The number of aryl methyl sites for hydroxylation is 1. The molecular weight excluding hydrogens is 428 g/mol. The van der Waals surface area contributed by atoms with Gasteiger partial charge >= 0.3 is 6.03 Å². The lowest BCUT2D eigenvalue weighted by Gasteiger charge is -2.40. The number of hydrogen-bond donors (Lipinski definition) is 2. The molecule has 5 nitrogen and oxygen atoms in total. The Morgan fingerprint density at radius 2 is 1.97 bits per heavy atom. The van der Waals surface area contributed by atoms with E-state index in [9.17, 15) is 4.79 Å². The molecule has 3 aromatic rings. The van der Waals surface area contributed by atoms with Crippen LogP contribution in [0.25, 0.3) is 16.5 Å². The minimum absolute atomic E-state index is 0.00547. The van der Waals surface area contributed by atoms with Crippen molar-refractivity contribution in [2.75, 3.05) is 26.7 Å². The van der Waals surface area contributed by atoms with Crippen LogP contribution in [0.5, 0.6) is 0 Å². The SMILES string of the molecule is CCN(CC)C(=O)N[C@H]1C=C2c3cccc4[nH]c(Sc5ccccc5C)c(c34)C[C@H]2N(C)C1. The number of H-pyrrole nitrogens is 1. The van der Waals surface area contributed by atoms with Gasteiger partial charge in [-0.1, -0.05) is 48.2 Å². The van der Waals surface area contributed by atoms with E-state index in [1.807, 2.05) is 30.5 Å². The highest BCUT2D eigenvalue weighted by atomic mass is 32.2. The minimum atomic E-state index is 0.00547. The molecule has 2 N–H and O–H groups in total. The van der Waals surface area contributed by atoms with Crippen molar-refractivity contribution >= 4 is 34.3 Å². The Balaban J connectivity index is 1.53. The van der Waals surface area contributed by atoms with E-state index in [0.717, 1.165) is 26.1 Å². The molecule has 2 heterocycles. The van der Waals surface area contributed by atoms with Gasteiger partial charge in [-0.15, -0.1) is 0 Å². The first-order valence-electron chi connectivity index (χ1n) is 11.8. The second-order valence-corrected chi connectivity index (χ2v) is 10.1. The minimum Gasteiger partial charge on any atom is -0.349 e. The summed E-state index contributed by atoms with van der Waals surface area (Å²) in [5.74, 6) is 0. The van der Waals surface area contributed by atoms with Gasteiger partial charge in [-0.25, -0.2) is 4.79 Å². The van der Waals surface area contributed by atoms with Gasteiger partial charge in [0.05, 0.1) is 11.1 Å². The molecule has 2 atom stereocenters. The summed E-state index contributed by atoms with van der Waals surface area (Å²) < 4.78 is 0. The molecule has 0 spiro atoms. The smallest absolute Gasteiger partial charge is 0.317 e. The zero-order valence-electron chi connectivity index (χ0n) is 19.8. The zero-order valence-corrected chi connectivity index (χ0v) is 20.6. The molecule has 2 aliphatic rings. The van der Waals surface area contributed by atoms with E-state index in [-0.39, 0.29) is 12.1 Å². The molecule has 2 aromatic carbocycles. The van der Waals surface area contributed by atoms with Gasteiger partial charge in [0.15, 0.2) is 0 Å². The Labute approximate surface area is 200 Å². The number of benzene rings is 2. The summed E-state index contributed by atoms with van der Waals surface area (Å²) in [6.07, 6.45) is 3.27. The number of aromatic amines is 1. The molecule has 1 aromatic heterocycles. The van der Waals surface area contributed by atoms with E-state index in [2.05, 4.69) is 77.7 Å². The Kier molecular flexibility index (Phi) is 5.97. The van der Waals surface area contributed by atoms with Crippen LogP contribution in [0.3, 0.4) is 0 Å². The molecule has 0 saturated heterocycles. The van der Waals surface area contributed by atoms with Gasteiger partial charge < -0.3 is 15.2 Å². The third kappa shape index (κ3) is 3.96. The fourth-order valence-corrected chi connectivity index (χ4v) is 6.29. The number of carbonyl (C=O) groups is 1. The number of carbonyl (C=O) groups excluding carboxylic acids is 1. The van der Waals surface area contributed by atoms with Gasteiger partial charge in [0, 0.05) is 41.5 Å². The zero-order chi connectivity index (χ0) is 23.1. The van der Waals surface area contributed by atoms with Crippen LogP contribution in [0, 0.1) is 6.92 Å². The summed E-state index contributed by atoms with van der Waals surface area (Å²) in [5, 5.41) is 5.82. The van der Waals surface area contributed by atoms with Crippen LogP contribution in [0.1, 0.15) is 30.5 Å². The molecule has 0 fully saturated rings. The fraction of sp³-hybridized carbons (Fsp3) is 0.370. The van der Waals surface area contributed by atoms with Gasteiger partial charge in [0.25, 0.3) is 0 Å². The lowest BCUT2D eigenvalue weighted by Crippen LogP contribution is -2.52. The highest BCUT2D eigenvalue weighted by molar-refractivity contribution is 7.99. The van der Waals surface area contributed by atoms with Crippen LogP contribution in [-0.2, 0) is 6.42 Å². The average Bonchev–Trinajstić information content (AvgIpc) is 3.15. The van der Waals surface area contributed by atoms with E-state index in [1.165, 1.54) is 43.1 Å². The van der Waals surface area contributed by atoms with Gasteiger partial charge in [-0.3, -0.25) is 4.90 Å². The van der Waals surface area contributed by atoms with Crippen molar-refractivity contribution in [2.45, 2.75) is 49.2 Å². The van der Waals surface area contributed by atoms with Crippen molar-refractivity contribution in [3.05, 3.63) is 65.2 Å². The maximum absolute atomic E-state index is 12.7. The molecule has 33 heavy (non-hydrogen) atoms. The first-order chi connectivity index (χ1) is 16.0. The summed E-state index contributed by atoms with van der Waals surface area (Å²) in [4.78, 5) is 21.9. The van der Waals surface area contributed by atoms with Crippen molar-refractivity contribution < 1.29 is 4.79 Å². The van der Waals surface area contributed by atoms with Gasteiger partial charge in [0.2, 0.25) is 0 Å². The second-order valence-electron chi connectivity index (χ2n) is 9.04. The Morgan fingerprint density at radius 3 is 2.73 bits per heavy atom. The Bertz CT molecular complexity index is 1230. The molecule has 0 saturated carbocycles. The fourth-order valence-electron chi connectivity index (χ4n) is 5.23. The topological polar surface area (TPSA) is 51.4 Å². The predicted octanol–water partition coefficient (Wildman–Crippen LogP) is 5.30. The lowest BCUT2D eigenvalue weighted by atomic mass is 9.81.